The lowest BCUT2D eigenvalue weighted by molar-refractivity contribution is -0.130. The number of hydrogen-bond acceptors (Lipinski definition) is 6. The van der Waals surface area contributed by atoms with E-state index >= 15 is 0 Å². The van der Waals surface area contributed by atoms with Crippen LogP contribution in [-0.2, 0) is 11.3 Å². The molecule has 1 saturated heterocycles. The van der Waals surface area contributed by atoms with E-state index in [0.717, 1.165) is 18.1 Å². The van der Waals surface area contributed by atoms with Gasteiger partial charge in [-0.1, -0.05) is 11.3 Å². The molecule has 3 rings (SSSR count). The zero-order chi connectivity index (χ0) is 17.8. The van der Waals surface area contributed by atoms with E-state index < -0.39 is 0 Å². The van der Waals surface area contributed by atoms with E-state index in [4.69, 9.17) is 0 Å². The second kappa shape index (κ2) is 7.66. The molecule has 132 valence electrons. The van der Waals surface area contributed by atoms with Crippen molar-refractivity contribution in [3.63, 3.8) is 0 Å². The van der Waals surface area contributed by atoms with E-state index in [1.165, 1.54) is 35.6 Å². The summed E-state index contributed by atoms with van der Waals surface area (Å²) in [7, 11) is 0. The summed E-state index contributed by atoms with van der Waals surface area (Å²) >= 11 is 1.23. The average Bonchev–Trinajstić information content (AvgIpc) is 3.06. The summed E-state index contributed by atoms with van der Waals surface area (Å²) in [5, 5.41) is 11.7. The van der Waals surface area contributed by atoms with E-state index in [0.29, 0.717) is 25.3 Å². The van der Waals surface area contributed by atoms with E-state index in [-0.39, 0.29) is 22.6 Å². The van der Waals surface area contributed by atoms with Gasteiger partial charge < -0.3 is 10.2 Å². The molecule has 1 aliphatic rings. The van der Waals surface area contributed by atoms with Crippen LogP contribution in [0, 0.1) is 5.82 Å². The van der Waals surface area contributed by atoms with Crippen molar-refractivity contribution in [2.75, 3.05) is 31.5 Å². The molecule has 0 aliphatic carbocycles. The summed E-state index contributed by atoms with van der Waals surface area (Å²) in [5.74, 6) is -0.631. The number of hydrogen-bond donors (Lipinski definition) is 1. The van der Waals surface area contributed by atoms with E-state index in [9.17, 15) is 14.0 Å². The molecule has 0 unspecified atom stereocenters. The van der Waals surface area contributed by atoms with Gasteiger partial charge in [-0.05, 0) is 24.3 Å². The fourth-order valence-electron chi connectivity index (χ4n) is 2.54. The predicted octanol–water partition coefficient (Wildman–Crippen LogP) is 1.59. The molecular formula is C16H18FN5O2S. The van der Waals surface area contributed by atoms with Crippen molar-refractivity contribution in [1.29, 1.82) is 0 Å². The number of carbonyl (C=O) groups excluding carboxylic acids is 2. The van der Waals surface area contributed by atoms with Gasteiger partial charge in [-0.25, -0.2) is 4.39 Å². The standard InChI is InChI=1S/C16H18FN5O2S/c1-11(23)22-8-6-21(7-9-22)10-14-19-20-16(25-14)15(24)18-13-4-2-12(17)3-5-13/h2-5H,6-10H2,1H3,(H,18,24). The number of aromatic nitrogens is 2. The highest BCUT2D eigenvalue weighted by molar-refractivity contribution is 7.13. The molecule has 9 heteroatoms. The van der Waals surface area contributed by atoms with Crippen LogP contribution in [0.5, 0.6) is 0 Å². The quantitative estimate of drug-likeness (QED) is 0.893. The minimum absolute atomic E-state index is 0.0929. The van der Waals surface area contributed by atoms with Crippen molar-refractivity contribution < 1.29 is 14.0 Å². The fraction of sp³-hybridized carbons (Fsp3) is 0.375. The SMILES string of the molecule is CC(=O)N1CCN(Cc2nnc(C(=O)Nc3ccc(F)cc3)s2)CC1. The molecule has 2 aromatic rings. The van der Waals surface area contributed by atoms with Crippen molar-refractivity contribution in [3.8, 4) is 0 Å². The van der Waals surface area contributed by atoms with Gasteiger partial charge in [0.05, 0.1) is 6.54 Å². The molecule has 1 aromatic carbocycles. The summed E-state index contributed by atoms with van der Waals surface area (Å²) < 4.78 is 12.9. The molecule has 1 aromatic heterocycles. The van der Waals surface area contributed by atoms with Crippen molar-refractivity contribution >= 4 is 28.8 Å². The summed E-state index contributed by atoms with van der Waals surface area (Å²) in [4.78, 5) is 27.5. The van der Waals surface area contributed by atoms with Crippen LogP contribution in [-0.4, -0.2) is 58.0 Å². The number of rotatable bonds is 4. The van der Waals surface area contributed by atoms with Crippen LogP contribution >= 0.6 is 11.3 Å². The van der Waals surface area contributed by atoms with Crippen molar-refractivity contribution in [2.45, 2.75) is 13.5 Å². The van der Waals surface area contributed by atoms with Gasteiger partial charge in [0.1, 0.15) is 10.8 Å². The third kappa shape index (κ3) is 4.58. The molecule has 0 radical (unpaired) electrons. The lowest BCUT2D eigenvalue weighted by Crippen LogP contribution is -2.47. The second-order valence-electron chi connectivity index (χ2n) is 5.74. The molecular weight excluding hydrogens is 345 g/mol. The maximum Gasteiger partial charge on any atom is 0.286 e. The third-order valence-electron chi connectivity index (χ3n) is 3.94. The summed E-state index contributed by atoms with van der Waals surface area (Å²) in [6.07, 6.45) is 0. The number of nitrogens with one attached hydrogen (secondary N) is 1. The highest BCUT2D eigenvalue weighted by atomic mass is 32.1. The monoisotopic (exact) mass is 363 g/mol. The number of anilines is 1. The summed E-state index contributed by atoms with van der Waals surface area (Å²) in [5.41, 5.74) is 0.503. The molecule has 1 fully saturated rings. The first kappa shape index (κ1) is 17.4. The maximum atomic E-state index is 12.9. The Hall–Kier alpha value is -2.39. The first-order chi connectivity index (χ1) is 12.0. The number of carbonyl (C=O) groups is 2. The number of halogens is 1. The lowest BCUT2D eigenvalue weighted by Gasteiger charge is -2.33. The van der Waals surface area contributed by atoms with Crippen LogP contribution in [0.1, 0.15) is 21.7 Å². The highest BCUT2D eigenvalue weighted by Crippen LogP contribution is 2.16. The van der Waals surface area contributed by atoms with Gasteiger partial charge in [0.2, 0.25) is 10.9 Å². The van der Waals surface area contributed by atoms with Crippen LogP contribution in [0.3, 0.4) is 0 Å². The van der Waals surface area contributed by atoms with Gasteiger partial charge in [0, 0.05) is 38.8 Å². The smallest absolute Gasteiger partial charge is 0.286 e. The molecule has 0 atom stereocenters. The van der Waals surface area contributed by atoms with Crippen LogP contribution in [0.15, 0.2) is 24.3 Å². The topological polar surface area (TPSA) is 78.4 Å². The maximum absolute atomic E-state index is 12.9. The molecule has 0 saturated carbocycles. The van der Waals surface area contributed by atoms with Crippen molar-refractivity contribution in [1.82, 2.24) is 20.0 Å². The van der Waals surface area contributed by atoms with E-state index in [1.54, 1.807) is 6.92 Å². The molecule has 7 nitrogen and oxygen atoms in total. The molecule has 1 N–H and O–H groups in total. The Morgan fingerprint density at radius 1 is 1.16 bits per heavy atom. The van der Waals surface area contributed by atoms with E-state index in [1.807, 2.05) is 4.90 Å². The molecule has 2 amide bonds. The van der Waals surface area contributed by atoms with Gasteiger partial charge in [0.15, 0.2) is 0 Å². The molecule has 1 aliphatic heterocycles. The van der Waals surface area contributed by atoms with Crippen molar-refractivity contribution in [2.24, 2.45) is 0 Å². The largest absolute Gasteiger partial charge is 0.340 e. The fourth-order valence-corrected chi connectivity index (χ4v) is 3.32. The Balaban J connectivity index is 1.54. The first-order valence-corrected chi connectivity index (χ1v) is 8.70. The van der Waals surface area contributed by atoms with Gasteiger partial charge in [-0.15, -0.1) is 10.2 Å². The normalized spacial score (nSPS) is 15.2. The molecule has 25 heavy (non-hydrogen) atoms. The van der Waals surface area contributed by atoms with Crippen molar-refractivity contribution in [3.05, 3.63) is 40.1 Å². The Bertz CT molecular complexity index is 756. The van der Waals surface area contributed by atoms with Crippen LogP contribution in [0.4, 0.5) is 10.1 Å². The number of piperazine rings is 1. The Morgan fingerprint density at radius 3 is 2.48 bits per heavy atom. The molecule has 0 bridgehead atoms. The summed E-state index contributed by atoms with van der Waals surface area (Å²) in [6.45, 7) is 5.13. The van der Waals surface area contributed by atoms with Crippen LogP contribution in [0.25, 0.3) is 0 Å². The Labute approximate surface area is 148 Å². The minimum atomic E-state index is -0.364. The van der Waals surface area contributed by atoms with Gasteiger partial charge in [0.25, 0.3) is 5.91 Å². The molecule has 0 spiro atoms. The predicted molar refractivity (Wildman–Crippen MR) is 91.8 cm³/mol. The average molecular weight is 363 g/mol. The second-order valence-corrected chi connectivity index (χ2v) is 6.81. The zero-order valence-corrected chi connectivity index (χ0v) is 14.6. The highest BCUT2D eigenvalue weighted by Gasteiger charge is 2.20. The Morgan fingerprint density at radius 2 is 1.84 bits per heavy atom. The van der Waals surface area contributed by atoms with E-state index in [2.05, 4.69) is 20.4 Å². The summed E-state index contributed by atoms with van der Waals surface area (Å²) in [6, 6.07) is 5.54. The van der Waals surface area contributed by atoms with Gasteiger partial charge >= 0.3 is 0 Å². The zero-order valence-electron chi connectivity index (χ0n) is 13.7. The number of nitrogens with zero attached hydrogens (tertiary/aromatic N) is 4. The lowest BCUT2D eigenvalue weighted by atomic mass is 10.3. The van der Waals surface area contributed by atoms with Crippen LogP contribution < -0.4 is 5.32 Å². The Kier molecular flexibility index (Phi) is 5.34. The van der Waals surface area contributed by atoms with Gasteiger partial charge in [-0.2, -0.15) is 0 Å². The van der Waals surface area contributed by atoms with Crippen LogP contribution in [0.2, 0.25) is 0 Å². The van der Waals surface area contributed by atoms with Gasteiger partial charge in [-0.3, -0.25) is 14.5 Å². The minimum Gasteiger partial charge on any atom is -0.340 e. The first-order valence-electron chi connectivity index (χ1n) is 7.88. The number of benzene rings is 1. The molecule has 2 heterocycles. The number of amides is 2. The third-order valence-corrected chi connectivity index (χ3v) is 4.85.